The van der Waals surface area contributed by atoms with Crippen LogP contribution in [-0.2, 0) is 4.79 Å². The molecule has 0 atom stereocenters. The van der Waals surface area contributed by atoms with Crippen LogP contribution in [0.5, 0.6) is 0 Å². The second kappa shape index (κ2) is 10.7. The highest BCUT2D eigenvalue weighted by molar-refractivity contribution is 5.96. The van der Waals surface area contributed by atoms with Crippen molar-refractivity contribution < 1.29 is 13.6 Å². The number of benzene rings is 2. The van der Waals surface area contributed by atoms with Crippen LogP contribution in [0.4, 0.5) is 31.8 Å². The number of nitrogens with zero attached hydrogens (tertiary/aromatic N) is 4. The van der Waals surface area contributed by atoms with Gasteiger partial charge in [-0.1, -0.05) is 19.1 Å². The number of carbonyl (C=O) groups excluding carboxylic acids is 1. The molecule has 0 aliphatic heterocycles. The van der Waals surface area contributed by atoms with Crippen LogP contribution in [0.25, 0.3) is 22.2 Å². The van der Waals surface area contributed by atoms with Gasteiger partial charge in [0, 0.05) is 49.4 Å². The number of hydrogen-bond donors (Lipinski definition) is 3. The highest BCUT2D eigenvalue weighted by Gasteiger charge is 2.17. The number of rotatable bonds is 9. The first-order valence-corrected chi connectivity index (χ1v) is 11.6. The summed E-state index contributed by atoms with van der Waals surface area (Å²) >= 11 is 0. The summed E-state index contributed by atoms with van der Waals surface area (Å²) in [6, 6.07) is 10.1. The number of aromatic nitrogens is 3. The van der Waals surface area contributed by atoms with Crippen LogP contribution in [0.1, 0.15) is 13.3 Å². The van der Waals surface area contributed by atoms with E-state index in [1.54, 1.807) is 25.1 Å². The average Bonchev–Trinajstić information content (AvgIpc) is 3.29. The molecular formula is C26H29F2N7O. The van der Waals surface area contributed by atoms with Gasteiger partial charge in [-0.3, -0.25) is 4.79 Å². The molecule has 0 aliphatic carbocycles. The van der Waals surface area contributed by atoms with Crippen molar-refractivity contribution in [2.75, 3.05) is 49.8 Å². The number of carbonyl (C=O) groups is 1. The Morgan fingerprint density at radius 1 is 1.08 bits per heavy atom. The lowest BCUT2D eigenvalue weighted by Crippen LogP contribution is -2.29. The summed E-state index contributed by atoms with van der Waals surface area (Å²) < 4.78 is 28.8. The summed E-state index contributed by atoms with van der Waals surface area (Å²) in [7, 11) is 5.97. The first-order chi connectivity index (χ1) is 17.3. The van der Waals surface area contributed by atoms with Gasteiger partial charge in [0.25, 0.3) is 0 Å². The Kier molecular flexibility index (Phi) is 7.44. The van der Waals surface area contributed by atoms with Crippen LogP contribution in [0, 0.1) is 11.6 Å². The number of para-hydroxylation sites is 1. The molecule has 0 fully saturated rings. The van der Waals surface area contributed by atoms with Gasteiger partial charge in [0.2, 0.25) is 11.9 Å². The van der Waals surface area contributed by atoms with Crippen molar-refractivity contribution in [3.05, 3.63) is 60.4 Å². The maximum Gasteiger partial charge on any atom is 0.227 e. The molecule has 0 bridgehead atoms. The third-order valence-corrected chi connectivity index (χ3v) is 5.81. The van der Waals surface area contributed by atoms with Crippen LogP contribution in [0.2, 0.25) is 0 Å². The topological polar surface area (TPSA) is 89.2 Å². The van der Waals surface area contributed by atoms with Gasteiger partial charge in [-0.15, -0.1) is 0 Å². The van der Waals surface area contributed by atoms with E-state index in [0.29, 0.717) is 28.7 Å². The predicted octanol–water partition coefficient (Wildman–Crippen LogP) is 4.99. The number of nitrogens with one attached hydrogen (secondary N) is 3. The molecule has 36 heavy (non-hydrogen) atoms. The highest BCUT2D eigenvalue weighted by atomic mass is 19.1. The van der Waals surface area contributed by atoms with Crippen LogP contribution >= 0.6 is 0 Å². The molecule has 4 aromatic rings. The zero-order chi connectivity index (χ0) is 25.8. The molecule has 8 nitrogen and oxygen atoms in total. The van der Waals surface area contributed by atoms with E-state index < -0.39 is 11.6 Å². The fraction of sp³-hybridized carbons (Fsp3) is 0.269. The Hall–Kier alpha value is -4.05. The monoisotopic (exact) mass is 493 g/mol. The van der Waals surface area contributed by atoms with Gasteiger partial charge in [-0.2, -0.15) is 0 Å². The lowest BCUT2D eigenvalue weighted by atomic mass is 10.1. The van der Waals surface area contributed by atoms with E-state index in [1.165, 1.54) is 12.3 Å². The number of anilines is 4. The molecule has 0 aliphatic rings. The average molecular weight is 494 g/mol. The lowest BCUT2D eigenvalue weighted by Gasteiger charge is -2.25. The summed E-state index contributed by atoms with van der Waals surface area (Å²) in [4.78, 5) is 27.6. The zero-order valence-corrected chi connectivity index (χ0v) is 20.7. The fourth-order valence-corrected chi connectivity index (χ4v) is 3.81. The smallest absolute Gasteiger partial charge is 0.227 e. The maximum absolute atomic E-state index is 14.7. The molecule has 0 spiro atoms. The van der Waals surface area contributed by atoms with E-state index in [2.05, 4.69) is 35.4 Å². The van der Waals surface area contributed by atoms with Crippen LogP contribution in [0.3, 0.4) is 0 Å². The molecule has 2 heterocycles. The minimum absolute atomic E-state index is 0.0453. The molecule has 2 aromatic heterocycles. The number of hydrogen-bond acceptors (Lipinski definition) is 6. The Morgan fingerprint density at radius 2 is 1.89 bits per heavy atom. The molecule has 188 valence electrons. The van der Waals surface area contributed by atoms with E-state index >= 15 is 0 Å². The summed E-state index contributed by atoms with van der Waals surface area (Å²) in [5.41, 5.74) is 2.89. The van der Waals surface area contributed by atoms with Crippen LogP contribution in [-0.4, -0.2) is 60.0 Å². The second-order valence-electron chi connectivity index (χ2n) is 8.74. The van der Waals surface area contributed by atoms with E-state index in [0.717, 1.165) is 25.0 Å². The predicted molar refractivity (Wildman–Crippen MR) is 140 cm³/mol. The standard InChI is InChI=1S/C26H29F2N7O/c1-5-23(36)32-21-13-16(9-10-22(21)35(4)12-11-34(2)3)31-26-30-15-20(28)25(33-26)18-14-29-24-17(18)7-6-8-19(24)27/h6-10,13-15,29H,5,11-12H2,1-4H3,(H,32,36)(H,30,31,33). The van der Waals surface area contributed by atoms with E-state index in [9.17, 15) is 13.6 Å². The number of likely N-dealkylation sites (N-methyl/N-ethyl adjacent to an activating group) is 2. The maximum atomic E-state index is 14.7. The molecule has 3 N–H and O–H groups in total. The fourth-order valence-electron chi connectivity index (χ4n) is 3.81. The highest BCUT2D eigenvalue weighted by Crippen LogP contribution is 2.32. The quantitative estimate of drug-likeness (QED) is 0.304. The molecule has 0 saturated heterocycles. The van der Waals surface area contributed by atoms with Crippen molar-refractivity contribution >= 4 is 39.8 Å². The molecule has 0 radical (unpaired) electrons. The number of fused-ring (bicyclic) bond motifs is 1. The lowest BCUT2D eigenvalue weighted by molar-refractivity contribution is -0.115. The zero-order valence-electron chi connectivity index (χ0n) is 20.7. The van der Waals surface area contributed by atoms with Crippen molar-refractivity contribution in [1.82, 2.24) is 19.9 Å². The van der Waals surface area contributed by atoms with Gasteiger partial charge < -0.3 is 25.4 Å². The Bertz CT molecular complexity index is 1390. The van der Waals surface area contributed by atoms with E-state index in [4.69, 9.17) is 0 Å². The van der Waals surface area contributed by atoms with Crippen molar-refractivity contribution in [3.8, 4) is 11.3 Å². The Balaban J connectivity index is 1.65. The van der Waals surface area contributed by atoms with E-state index in [-0.39, 0.29) is 23.1 Å². The van der Waals surface area contributed by atoms with Gasteiger partial charge in [-0.25, -0.2) is 18.7 Å². The Labute approximate surface area is 208 Å². The Morgan fingerprint density at radius 3 is 2.64 bits per heavy atom. The first-order valence-electron chi connectivity index (χ1n) is 11.6. The molecule has 0 unspecified atom stereocenters. The van der Waals surface area contributed by atoms with Crippen molar-refractivity contribution in [2.24, 2.45) is 0 Å². The minimum Gasteiger partial charge on any atom is -0.372 e. The number of halogens is 2. The molecule has 10 heteroatoms. The summed E-state index contributed by atoms with van der Waals surface area (Å²) in [6.45, 7) is 3.41. The molecule has 4 rings (SSSR count). The summed E-state index contributed by atoms with van der Waals surface area (Å²) in [5, 5.41) is 6.56. The van der Waals surface area contributed by atoms with Crippen molar-refractivity contribution in [2.45, 2.75) is 13.3 Å². The van der Waals surface area contributed by atoms with Gasteiger partial charge in [-0.05, 0) is 38.4 Å². The van der Waals surface area contributed by atoms with Crippen molar-refractivity contribution in [1.29, 1.82) is 0 Å². The first kappa shape index (κ1) is 25.1. The third-order valence-electron chi connectivity index (χ3n) is 5.81. The van der Waals surface area contributed by atoms with Gasteiger partial charge in [0.15, 0.2) is 5.82 Å². The second-order valence-corrected chi connectivity index (χ2v) is 8.74. The van der Waals surface area contributed by atoms with Gasteiger partial charge >= 0.3 is 0 Å². The van der Waals surface area contributed by atoms with E-state index in [1.807, 2.05) is 33.3 Å². The summed E-state index contributed by atoms with van der Waals surface area (Å²) in [5.74, 6) is -0.997. The molecular weight excluding hydrogens is 464 g/mol. The molecule has 1 amide bonds. The number of aromatic amines is 1. The number of amides is 1. The normalized spacial score (nSPS) is 11.2. The van der Waals surface area contributed by atoms with Gasteiger partial charge in [0.05, 0.1) is 23.1 Å². The number of H-pyrrole nitrogens is 1. The SMILES string of the molecule is CCC(=O)Nc1cc(Nc2ncc(F)c(-c3c[nH]c4c(F)cccc34)n2)ccc1N(C)CCN(C)C. The van der Waals surface area contributed by atoms with Crippen LogP contribution in [0.15, 0.2) is 48.8 Å². The van der Waals surface area contributed by atoms with Gasteiger partial charge in [0.1, 0.15) is 11.5 Å². The van der Waals surface area contributed by atoms with Crippen LogP contribution < -0.4 is 15.5 Å². The molecule has 0 saturated carbocycles. The summed E-state index contributed by atoms with van der Waals surface area (Å²) in [6.07, 6.45) is 2.94. The molecule has 2 aromatic carbocycles. The third kappa shape index (κ3) is 5.44. The minimum atomic E-state index is -0.625. The largest absolute Gasteiger partial charge is 0.372 e. The van der Waals surface area contributed by atoms with Crippen molar-refractivity contribution in [3.63, 3.8) is 0 Å².